The van der Waals surface area contributed by atoms with E-state index < -0.39 is 27.7 Å². The minimum absolute atomic E-state index is 0.000467. The lowest BCUT2D eigenvalue weighted by molar-refractivity contribution is -0.123. The average molecular weight is 432 g/mol. The molecule has 1 N–H and O–H groups in total. The van der Waals surface area contributed by atoms with Crippen LogP contribution in [0.2, 0.25) is 0 Å². The maximum Gasteiger partial charge on any atom is 0.246 e. The first kappa shape index (κ1) is 20.2. The van der Waals surface area contributed by atoms with Crippen LogP contribution in [0.4, 0.5) is 4.39 Å². The molecule has 30 heavy (non-hydrogen) atoms. The first-order valence-corrected chi connectivity index (χ1v) is 10.7. The molecule has 0 unspecified atom stereocenters. The second-order valence-electron chi connectivity index (χ2n) is 7.22. The number of fused-ring (bicyclic) bond motifs is 1. The molecule has 9 nitrogen and oxygen atoms in total. The molecule has 3 aromatic rings. The van der Waals surface area contributed by atoms with Crippen molar-refractivity contribution in [2.24, 2.45) is 14.1 Å². The van der Waals surface area contributed by atoms with Crippen LogP contribution in [0, 0.1) is 5.82 Å². The highest BCUT2D eigenvalue weighted by molar-refractivity contribution is 7.89. The summed E-state index contributed by atoms with van der Waals surface area (Å²) in [5.74, 6) is -1.64. The van der Waals surface area contributed by atoms with Crippen molar-refractivity contribution in [2.45, 2.75) is 23.9 Å². The van der Waals surface area contributed by atoms with Gasteiger partial charge in [0.2, 0.25) is 15.9 Å². The third-order valence-electron chi connectivity index (χ3n) is 5.05. The van der Waals surface area contributed by atoms with Crippen molar-refractivity contribution in [3.8, 4) is 0 Å². The molecule has 3 heterocycles. The van der Waals surface area contributed by atoms with Crippen LogP contribution in [-0.4, -0.2) is 44.7 Å². The molecule has 2 aromatic heterocycles. The highest BCUT2D eigenvalue weighted by Gasteiger charge is 2.39. The molecule has 1 amide bonds. The Bertz CT molecular complexity index is 1200. The molecule has 4 rings (SSSR count). The van der Waals surface area contributed by atoms with E-state index in [-0.39, 0.29) is 24.5 Å². The number of carbonyl (C=O) groups is 1. The van der Waals surface area contributed by atoms with Gasteiger partial charge in [0.25, 0.3) is 0 Å². The zero-order valence-electron chi connectivity index (χ0n) is 16.5. The number of hydrogen-bond acceptors (Lipinski definition) is 5. The molecule has 1 aliphatic heterocycles. The first-order chi connectivity index (χ1) is 14.3. The fourth-order valence-corrected chi connectivity index (χ4v) is 4.95. The van der Waals surface area contributed by atoms with Crippen molar-refractivity contribution in [1.82, 2.24) is 29.2 Å². The number of hydrogen-bond donors (Lipinski definition) is 1. The lowest BCUT2D eigenvalue weighted by atomic mass is 9.97. The molecule has 1 aliphatic rings. The van der Waals surface area contributed by atoms with Crippen LogP contribution in [-0.2, 0) is 42.0 Å². The van der Waals surface area contributed by atoms with E-state index in [1.165, 1.54) is 27.4 Å². The fraction of sp³-hybridized carbons (Fsp3) is 0.316. The summed E-state index contributed by atoms with van der Waals surface area (Å²) in [7, 11) is -0.495. The molecule has 158 valence electrons. The molecule has 1 atom stereocenters. The molecular weight excluding hydrogens is 411 g/mol. The predicted octanol–water partition coefficient (Wildman–Crippen LogP) is 0.897. The molecule has 0 saturated heterocycles. The number of halogens is 1. The summed E-state index contributed by atoms with van der Waals surface area (Å²) in [5.41, 5.74) is 1.53. The van der Waals surface area contributed by atoms with Crippen LogP contribution in [0.3, 0.4) is 0 Å². The number of sulfonamides is 1. The summed E-state index contributed by atoms with van der Waals surface area (Å²) in [6, 6.07) is 6.16. The topological polar surface area (TPSA) is 102 Å². The van der Waals surface area contributed by atoms with Gasteiger partial charge in [-0.15, -0.1) is 0 Å². The van der Waals surface area contributed by atoms with Crippen molar-refractivity contribution in [1.29, 1.82) is 0 Å². The number of rotatable bonds is 5. The van der Waals surface area contributed by atoms with E-state index in [0.717, 1.165) is 0 Å². The molecular formula is C19H21FN6O3S. The number of benzene rings is 1. The molecule has 0 fully saturated rings. The lowest BCUT2D eigenvalue weighted by Gasteiger charge is -2.30. The van der Waals surface area contributed by atoms with E-state index in [1.807, 2.05) is 0 Å². The van der Waals surface area contributed by atoms with Gasteiger partial charge in [-0.1, -0.05) is 18.2 Å². The number of aryl methyl sites for hydroxylation is 2. The van der Waals surface area contributed by atoms with Gasteiger partial charge < -0.3 is 5.32 Å². The number of nitrogens with one attached hydrogen (secondary N) is 1. The van der Waals surface area contributed by atoms with Crippen molar-refractivity contribution in [3.63, 3.8) is 0 Å². The Balaban J connectivity index is 1.60. The quantitative estimate of drug-likeness (QED) is 0.645. The van der Waals surface area contributed by atoms with Crippen molar-refractivity contribution in [3.05, 3.63) is 65.5 Å². The summed E-state index contributed by atoms with van der Waals surface area (Å²) in [5, 5.41) is 11.0. The summed E-state index contributed by atoms with van der Waals surface area (Å²) in [6.45, 7) is 0.0430. The molecule has 0 radical (unpaired) electrons. The second-order valence-corrected chi connectivity index (χ2v) is 9.16. The molecule has 11 heteroatoms. The van der Waals surface area contributed by atoms with Crippen molar-refractivity contribution >= 4 is 15.9 Å². The van der Waals surface area contributed by atoms with Gasteiger partial charge in [0, 0.05) is 57.3 Å². The maximum atomic E-state index is 13.9. The fourth-order valence-electron chi connectivity index (χ4n) is 3.53. The summed E-state index contributed by atoms with van der Waals surface area (Å²) in [6.07, 6.45) is 4.40. The minimum Gasteiger partial charge on any atom is -0.351 e. The third kappa shape index (κ3) is 3.73. The van der Waals surface area contributed by atoms with Crippen LogP contribution < -0.4 is 5.32 Å². The largest absolute Gasteiger partial charge is 0.351 e. The van der Waals surface area contributed by atoms with E-state index in [4.69, 9.17) is 0 Å². The van der Waals surface area contributed by atoms with Gasteiger partial charge in [0.15, 0.2) is 0 Å². The summed E-state index contributed by atoms with van der Waals surface area (Å²) < 4.78 is 44.2. The molecule has 0 saturated carbocycles. The number of carbonyl (C=O) groups excluding carboxylic acids is 1. The Morgan fingerprint density at radius 3 is 2.70 bits per heavy atom. The van der Waals surface area contributed by atoms with Gasteiger partial charge >= 0.3 is 0 Å². The Kier molecular flexibility index (Phi) is 5.16. The highest BCUT2D eigenvalue weighted by atomic mass is 32.2. The second kappa shape index (κ2) is 7.65. The molecule has 0 spiro atoms. The number of amides is 1. The van der Waals surface area contributed by atoms with Crippen molar-refractivity contribution < 1.29 is 17.6 Å². The third-order valence-corrected chi connectivity index (χ3v) is 6.81. The van der Waals surface area contributed by atoms with E-state index in [9.17, 15) is 17.6 Å². The SMILES string of the molecule is Cn1cc(S(=O)(=O)N2Cc3cn(C)nc3[C@@H](C(=O)NCc3ccccc3F)C2)cn1. The standard InChI is InChI=1S/C19H21FN6O3S/c1-24-11-15(8-22-24)30(28,29)26-10-14-9-25(2)23-18(14)16(12-26)19(27)21-7-13-5-3-4-6-17(13)20/h3-6,8-9,11,16H,7,10,12H2,1-2H3,(H,21,27)/t16-/m0/s1. The average Bonchev–Trinajstić information content (AvgIpc) is 3.31. The zero-order chi connectivity index (χ0) is 21.5. The van der Waals surface area contributed by atoms with E-state index in [0.29, 0.717) is 16.8 Å². The van der Waals surface area contributed by atoms with Crippen LogP contribution >= 0.6 is 0 Å². The van der Waals surface area contributed by atoms with Gasteiger partial charge in [0.1, 0.15) is 10.7 Å². The maximum absolute atomic E-state index is 13.9. The van der Waals surface area contributed by atoms with Gasteiger partial charge in [-0.3, -0.25) is 14.2 Å². The molecule has 1 aromatic carbocycles. The van der Waals surface area contributed by atoms with Crippen LogP contribution in [0.25, 0.3) is 0 Å². The normalized spacial score (nSPS) is 17.0. The Hall–Kier alpha value is -3.05. The van der Waals surface area contributed by atoms with E-state index in [2.05, 4.69) is 15.5 Å². The lowest BCUT2D eigenvalue weighted by Crippen LogP contribution is -2.43. The minimum atomic E-state index is -3.84. The predicted molar refractivity (Wildman–Crippen MR) is 105 cm³/mol. The molecule has 0 aliphatic carbocycles. The zero-order valence-corrected chi connectivity index (χ0v) is 17.3. The monoisotopic (exact) mass is 432 g/mol. The summed E-state index contributed by atoms with van der Waals surface area (Å²) >= 11 is 0. The number of nitrogens with zero attached hydrogens (tertiary/aromatic N) is 5. The smallest absolute Gasteiger partial charge is 0.246 e. The van der Waals surface area contributed by atoms with Crippen LogP contribution in [0.5, 0.6) is 0 Å². The Labute approximate surface area is 173 Å². The Morgan fingerprint density at radius 1 is 1.23 bits per heavy atom. The van der Waals surface area contributed by atoms with Gasteiger partial charge in [-0.2, -0.15) is 14.5 Å². The van der Waals surface area contributed by atoms with E-state index in [1.54, 1.807) is 43.2 Å². The van der Waals surface area contributed by atoms with Gasteiger partial charge in [-0.05, 0) is 6.07 Å². The van der Waals surface area contributed by atoms with Crippen molar-refractivity contribution in [2.75, 3.05) is 6.54 Å². The highest BCUT2D eigenvalue weighted by Crippen LogP contribution is 2.31. The Morgan fingerprint density at radius 2 is 2.00 bits per heavy atom. The van der Waals surface area contributed by atoms with Crippen LogP contribution in [0.15, 0.2) is 47.8 Å². The number of aromatic nitrogens is 4. The van der Waals surface area contributed by atoms with Gasteiger partial charge in [-0.25, -0.2) is 12.8 Å². The molecule has 0 bridgehead atoms. The first-order valence-electron chi connectivity index (χ1n) is 9.28. The van der Waals surface area contributed by atoms with Crippen LogP contribution in [0.1, 0.15) is 22.7 Å². The van der Waals surface area contributed by atoms with Gasteiger partial charge in [0.05, 0.1) is 17.8 Å². The van der Waals surface area contributed by atoms with E-state index >= 15 is 0 Å². The summed E-state index contributed by atoms with van der Waals surface area (Å²) in [4.78, 5) is 13.0.